The Morgan fingerprint density at radius 2 is 1.67 bits per heavy atom. The normalized spacial score (nSPS) is 16.4. The first-order valence-corrected chi connectivity index (χ1v) is 12.7. The monoisotopic (exact) mass is 539 g/mol. The average Bonchev–Trinajstić information content (AvgIpc) is 3.26. The van der Waals surface area contributed by atoms with Gasteiger partial charge < -0.3 is 10.0 Å². The van der Waals surface area contributed by atoms with E-state index < -0.39 is 35.6 Å². The highest BCUT2D eigenvalue weighted by atomic mass is 19.4. The van der Waals surface area contributed by atoms with Gasteiger partial charge in [0.25, 0.3) is 5.56 Å². The van der Waals surface area contributed by atoms with Crippen molar-refractivity contribution in [1.82, 2.24) is 24.0 Å². The zero-order chi connectivity index (χ0) is 27.8. The molecule has 2 aromatic heterocycles. The van der Waals surface area contributed by atoms with Crippen LogP contribution in [0.4, 0.5) is 13.2 Å². The van der Waals surface area contributed by atoms with Gasteiger partial charge in [0.15, 0.2) is 11.2 Å². The van der Waals surface area contributed by atoms with Gasteiger partial charge in [0, 0.05) is 25.2 Å². The van der Waals surface area contributed by atoms with Crippen LogP contribution in [-0.2, 0) is 11.3 Å². The van der Waals surface area contributed by atoms with Gasteiger partial charge in [-0.25, -0.2) is 9.97 Å². The van der Waals surface area contributed by atoms with Crippen molar-refractivity contribution in [3.8, 4) is 5.69 Å². The van der Waals surface area contributed by atoms with Gasteiger partial charge in [0.1, 0.15) is 12.2 Å². The summed E-state index contributed by atoms with van der Waals surface area (Å²) in [7, 11) is 0. The van der Waals surface area contributed by atoms with E-state index in [1.54, 1.807) is 17.6 Å². The van der Waals surface area contributed by atoms with Crippen LogP contribution in [0.2, 0.25) is 0 Å². The Morgan fingerprint density at radius 1 is 1.05 bits per heavy atom. The lowest BCUT2D eigenvalue weighted by Gasteiger charge is -2.39. The number of rotatable bonds is 6. The Balaban J connectivity index is 1.28. The summed E-state index contributed by atoms with van der Waals surface area (Å²) < 4.78 is 44.2. The van der Waals surface area contributed by atoms with E-state index >= 15 is 0 Å². The molecule has 1 unspecified atom stereocenters. The van der Waals surface area contributed by atoms with Crippen LogP contribution in [-0.4, -0.2) is 59.9 Å². The maximum atomic E-state index is 13.7. The molecule has 8 nitrogen and oxygen atoms in total. The van der Waals surface area contributed by atoms with Crippen molar-refractivity contribution in [1.29, 1.82) is 0 Å². The minimum absolute atomic E-state index is 0.0408. The van der Waals surface area contributed by atoms with E-state index in [0.29, 0.717) is 11.5 Å². The molecule has 4 aromatic rings. The number of halogens is 3. The zero-order valence-electron chi connectivity index (χ0n) is 21.3. The maximum Gasteiger partial charge on any atom is 0.396 e. The predicted octanol–water partition coefficient (Wildman–Crippen LogP) is 3.98. The standard InChI is InChI=1S/C28H28F3N5O3/c1-19-33-24-25(36(19)21-10-6-3-7-11-21)32-18-35(26(24)38)17-27(39)12-14-34(15-13-27)23(37)16-22(28(29,30)31)20-8-4-2-5-9-20/h2-11,18,22,39H,12-17H2,1H3. The molecule has 1 amide bonds. The van der Waals surface area contributed by atoms with E-state index in [9.17, 15) is 27.9 Å². The second-order valence-corrected chi connectivity index (χ2v) is 9.99. The molecule has 0 aliphatic carbocycles. The van der Waals surface area contributed by atoms with Crippen LogP contribution < -0.4 is 5.56 Å². The number of carbonyl (C=O) groups excluding carboxylic acids is 1. The van der Waals surface area contributed by atoms with Crippen LogP contribution >= 0.6 is 0 Å². The Hall–Kier alpha value is -3.99. The van der Waals surface area contributed by atoms with Crippen molar-refractivity contribution in [2.75, 3.05) is 13.1 Å². The highest BCUT2D eigenvalue weighted by Gasteiger charge is 2.43. The fourth-order valence-corrected chi connectivity index (χ4v) is 5.15. The molecule has 204 valence electrons. The Morgan fingerprint density at radius 3 is 2.28 bits per heavy atom. The first-order valence-electron chi connectivity index (χ1n) is 12.7. The minimum atomic E-state index is -4.56. The number of fused-ring (bicyclic) bond motifs is 1. The van der Waals surface area contributed by atoms with E-state index in [2.05, 4.69) is 9.97 Å². The molecule has 3 heterocycles. The summed E-state index contributed by atoms with van der Waals surface area (Å²) in [6, 6.07) is 16.8. The number of aliphatic hydroxyl groups is 1. The summed E-state index contributed by atoms with van der Waals surface area (Å²) in [4.78, 5) is 36.3. The fraction of sp³-hybridized carbons (Fsp3) is 0.357. The third-order valence-electron chi connectivity index (χ3n) is 7.31. The number of aryl methyl sites for hydroxylation is 1. The topological polar surface area (TPSA) is 93.2 Å². The third-order valence-corrected chi connectivity index (χ3v) is 7.31. The van der Waals surface area contributed by atoms with E-state index in [-0.39, 0.29) is 43.6 Å². The maximum absolute atomic E-state index is 13.7. The van der Waals surface area contributed by atoms with Crippen LogP contribution in [0.25, 0.3) is 16.9 Å². The van der Waals surface area contributed by atoms with E-state index in [1.165, 1.54) is 40.1 Å². The Bertz CT molecular complexity index is 1530. The number of amides is 1. The van der Waals surface area contributed by atoms with Crippen LogP contribution in [0, 0.1) is 6.92 Å². The first-order chi connectivity index (χ1) is 18.6. The van der Waals surface area contributed by atoms with E-state index in [4.69, 9.17) is 0 Å². The number of piperidine rings is 1. The van der Waals surface area contributed by atoms with Gasteiger partial charge in [-0.3, -0.25) is 18.7 Å². The van der Waals surface area contributed by atoms with Gasteiger partial charge in [-0.15, -0.1) is 0 Å². The molecule has 2 aromatic carbocycles. The number of benzene rings is 2. The number of aromatic nitrogens is 4. The highest BCUT2D eigenvalue weighted by Crippen LogP contribution is 2.38. The zero-order valence-corrected chi connectivity index (χ0v) is 21.3. The highest BCUT2D eigenvalue weighted by molar-refractivity contribution is 5.77. The molecule has 5 rings (SSSR count). The van der Waals surface area contributed by atoms with E-state index in [1.807, 2.05) is 30.3 Å². The minimum Gasteiger partial charge on any atom is -0.388 e. The van der Waals surface area contributed by atoms with Crippen molar-refractivity contribution in [3.05, 3.63) is 88.7 Å². The number of para-hydroxylation sites is 1. The van der Waals surface area contributed by atoms with Gasteiger partial charge in [0.2, 0.25) is 5.91 Å². The average molecular weight is 540 g/mol. The molecule has 1 saturated heterocycles. The summed E-state index contributed by atoms with van der Waals surface area (Å²) in [5.41, 5.74) is -0.285. The molecule has 39 heavy (non-hydrogen) atoms. The van der Waals surface area contributed by atoms with Crippen LogP contribution in [0.15, 0.2) is 71.8 Å². The molecule has 1 N–H and O–H groups in total. The third kappa shape index (κ3) is 5.44. The molecule has 1 fully saturated rings. The molecular weight excluding hydrogens is 511 g/mol. The number of hydrogen-bond acceptors (Lipinski definition) is 5. The second-order valence-electron chi connectivity index (χ2n) is 9.99. The fourth-order valence-electron chi connectivity index (χ4n) is 5.15. The second kappa shape index (κ2) is 10.3. The number of nitrogens with zero attached hydrogens (tertiary/aromatic N) is 5. The van der Waals surface area contributed by atoms with Gasteiger partial charge in [-0.1, -0.05) is 48.5 Å². The van der Waals surface area contributed by atoms with Gasteiger partial charge in [-0.2, -0.15) is 13.2 Å². The Kier molecular flexibility index (Phi) is 7.02. The van der Waals surface area contributed by atoms with Crippen LogP contribution in [0.1, 0.15) is 36.6 Å². The SMILES string of the molecule is Cc1nc2c(=O)n(CC3(O)CCN(C(=O)CC(c4ccccc4)C(F)(F)F)CC3)cnc2n1-c1ccccc1. The molecule has 1 aliphatic heterocycles. The van der Waals surface area contributed by atoms with Crippen LogP contribution in [0.3, 0.4) is 0 Å². The number of likely N-dealkylation sites (tertiary alicyclic amines) is 1. The van der Waals surface area contributed by atoms with Gasteiger partial charge >= 0.3 is 6.18 Å². The van der Waals surface area contributed by atoms with Crippen molar-refractivity contribution < 1.29 is 23.1 Å². The van der Waals surface area contributed by atoms with Crippen molar-refractivity contribution in [3.63, 3.8) is 0 Å². The number of alkyl halides is 3. The predicted molar refractivity (Wildman–Crippen MR) is 138 cm³/mol. The molecular formula is C28H28F3N5O3. The van der Waals surface area contributed by atoms with Gasteiger partial charge in [-0.05, 0) is 37.5 Å². The van der Waals surface area contributed by atoms with Crippen molar-refractivity contribution in [2.24, 2.45) is 0 Å². The molecule has 1 aliphatic rings. The van der Waals surface area contributed by atoms with E-state index in [0.717, 1.165) is 5.69 Å². The summed E-state index contributed by atoms with van der Waals surface area (Å²) in [5.74, 6) is -1.93. The lowest BCUT2D eigenvalue weighted by molar-refractivity contribution is -0.162. The number of imidazole rings is 1. The largest absolute Gasteiger partial charge is 0.396 e. The molecule has 0 saturated carbocycles. The Labute approximate surface area is 222 Å². The summed E-state index contributed by atoms with van der Waals surface area (Å²) in [6.07, 6.45) is -3.67. The molecule has 0 spiro atoms. The molecule has 0 bridgehead atoms. The number of hydrogen-bond donors (Lipinski definition) is 1. The first kappa shape index (κ1) is 26.6. The lowest BCUT2D eigenvalue weighted by Crippen LogP contribution is -2.50. The van der Waals surface area contributed by atoms with Gasteiger partial charge in [0.05, 0.1) is 18.1 Å². The van der Waals surface area contributed by atoms with Crippen molar-refractivity contribution >= 4 is 17.1 Å². The molecule has 0 radical (unpaired) electrons. The smallest absolute Gasteiger partial charge is 0.388 e. The number of carbonyl (C=O) groups is 1. The molecule has 11 heteroatoms. The summed E-state index contributed by atoms with van der Waals surface area (Å²) >= 11 is 0. The lowest BCUT2D eigenvalue weighted by atomic mass is 9.90. The molecule has 1 atom stereocenters. The summed E-state index contributed by atoms with van der Waals surface area (Å²) in [5, 5.41) is 11.2. The quantitative estimate of drug-likeness (QED) is 0.400. The van der Waals surface area contributed by atoms with Crippen LogP contribution in [0.5, 0.6) is 0 Å². The van der Waals surface area contributed by atoms with Crippen molar-refractivity contribution in [2.45, 2.75) is 50.4 Å². The summed E-state index contributed by atoms with van der Waals surface area (Å²) in [6.45, 7) is 1.88.